The third kappa shape index (κ3) is 5.05. The smallest absolute Gasteiger partial charge is 0.119 e. The van der Waals surface area contributed by atoms with Crippen LogP contribution in [0.3, 0.4) is 0 Å². The van der Waals surface area contributed by atoms with Gasteiger partial charge in [0.1, 0.15) is 12.1 Å². The van der Waals surface area contributed by atoms with Crippen molar-refractivity contribution >= 4 is 18.2 Å². The Morgan fingerprint density at radius 3 is 2.52 bits per heavy atom. The zero-order valence-electron chi connectivity index (χ0n) is 18.6. The summed E-state index contributed by atoms with van der Waals surface area (Å²) in [7, 11) is 0. The highest BCUT2D eigenvalue weighted by Gasteiger charge is 2.07. The van der Waals surface area contributed by atoms with Crippen molar-refractivity contribution in [1.29, 1.82) is 0 Å². The van der Waals surface area contributed by atoms with Crippen molar-refractivity contribution in [3.05, 3.63) is 94.4 Å². The van der Waals surface area contributed by atoms with Gasteiger partial charge in [-0.3, -0.25) is 4.57 Å². The third-order valence-electron chi connectivity index (χ3n) is 5.58. The van der Waals surface area contributed by atoms with Crippen molar-refractivity contribution in [1.82, 2.24) is 9.55 Å². The average molecular weight is 411 g/mol. The summed E-state index contributed by atoms with van der Waals surface area (Å²) in [6, 6.07) is 17.0. The van der Waals surface area contributed by atoms with Gasteiger partial charge < -0.3 is 4.74 Å². The summed E-state index contributed by atoms with van der Waals surface area (Å²) in [6.45, 7) is 7.11. The SMILES string of the molecule is CCOc1ccc(-n2cnc3c2=CCC(C)C=C(C=Cc2ccc(CC)cc2)C=3)cc1. The second-order valence-corrected chi connectivity index (χ2v) is 7.97. The van der Waals surface area contributed by atoms with Crippen LogP contribution in [0.4, 0.5) is 0 Å². The zero-order chi connectivity index (χ0) is 21.6. The van der Waals surface area contributed by atoms with Gasteiger partial charge in [0.2, 0.25) is 0 Å². The molecule has 0 amide bonds. The molecule has 0 spiro atoms. The summed E-state index contributed by atoms with van der Waals surface area (Å²) in [4.78, 5) is 4.72. The van der Waals surface area contributed by atoms with Crippen LogP contribution in [0.2, 0.25) is 0 Å². The molecule has 0 radical (unpaired) electrons. The van der Waals surface area contributed by atoms with Crippen molar-refractivity contribution in [2.45, 2.75) is 33.6 Å². The molecule has 0 fully saturated rings. The van der Waals surface area contributed by atoms with E-state index in [0.29, 0.717) is 12.5 Å². The second-order valence-electron chi connectivity index (χ2n) is 7.97. The maximum atomic E-state index is 5.58. The maximum Gasteiger partial charge on any atom is 0.119 e. The Balaban J connectivity index is 1.67. The number of imidazole rings is 1. The van der Waals surface area contributed by atoms with Crippen LogP contribution < -0.4 is 15.4 Å². The summed E-state index contributed by atoms with van der Waals surface area (Å²) in [5.41, 5.74) is 4.86. The van der Waals surface area contributed by atoms with Gasteiger partial charge in [0.15, 0.2) is 0 Å². The van der Waals surface area contributed by atoms with Crippen LogP contribution >= 0.6 is 0 Å². The number of allylic oxidation sites excluding steroid dienone is 3. The lowest BCUT2D eigenvalue weighted by molar-refractivity contribution is 0.340. The number of fused-ring (bicyclic) bond motifs is 1. The fraction of sp³-hybridized carbons (Fsp3) is 0.250. The van der Waals surface area contributed by atoms with Gasteiger partial charge in [0, 0.05) is 5.69 Å². The maximum absolute atomic E-state index is 5.58. The molecule has 0 bridgehead atoms. The van der Waals surface area contributed by atoms with Gasteiger partial charge in [-0.25, -0.2) is 4.98 Å². The van der Waals surface area contributed by atoms with E-state index < -0.39 is 0 Å². The molecule has 3 heteroatoms. The van der Waals surface area contributed by atoms with E-state index >= 15 is 0 Å². The van der Waals surface area contributed by atoms with E-state index in [0.717, 1.165) is 35.0 Å². The van der Waals surface area contributed by atoms with Gasteiger partial charge in [-0.2, -0.15) is 0 Å². The molecule has 1 aromatic heterocycles. The molecule has 0 aliphatic heterocycles. The Bertz CT molecular complexity index is 1200. The van der Waals surface area contributed by atoms with E-state index in [9.17, 15) is 0 Å². The summed E-state index contributed by atoms with van der Waals surface area (Å²) in [5.74, 6) is 1.34. The fourth-order valence-corrected chi connectivity index (χ4v) is 3.82. The lowest BCUT2D eigenvalue weighted by atomic mass is 10.0. The summed E-state index contributed by atoms with van der Waals surface area (Å²) >= 11 is 0. The first-order valence-electron chi connectivity index (χ1n) is 11.1. The third-order valence-corrected chi connectivity index (χ3v) is 5.58. The fourth-order valence-electron chi connectivity index (χ4n) is 3.82. The largest absolute Gasteiger partial charge is 0.494 e. The number of ether oxygens (including phenoxy) is 1. The van der Waals surface area contributed by atoms with E-state index in [-0.39, 0.29) is 0 Å². The predicted octanol–water partition coefficient (Wildman–Crippen LogP) is 5.07. The summed E-state index contributed by atoms with van der Waals surface area (Å²) < 4.78 is 7.73. The molecule has 158 valence electrons. The van der Waals surface area contributed by atoms with Gasteiger partial charge in [-0.1, -0.05) is 62.4 Å². The van der Waals surface area contributed by atoms with E-state index in [1.54, 1.807) is 0 Å². The molecule has 4 rings (SSSR count). The monoisotopic (exact) mass is 410 g/mol. The number of hydrogen-bond acceptors (Lipinski definition) is 2. The van der Waals surface area contributed by atoms with Gasteiger partial charge in [-0.15, -0.1) is 0 Å². The highest BCUT2D eigenvalue weighted by molar-refractivity contribution is 5.62. The zero-order valence-corrected chi connectivity index (χ0v) is 18.6. The van der Waals surface area contributed by atoms with Crippen LogP contribution in [0.15, 0.2) is 72.6 Å². The molecule has 1 aliphatic carbocycles. The lowest BCUT2D eigenvalue weighted by Crippen LogP contribution is -2.30. The van der Waals surface area contributed by atoms with E-state index in [2.05, 4.69) is 85.2 Å². The average Bonchev–Trinajstić information content (AvgIpc) is 3.17. The van der Waals surface area contributed by atoms with Gasteiger partial charge >= 0.3 is 0 Å². The minimum Gasteiger partial charge on any atom is -0.494 e. The van der Waals surface area contributed by atoms with Gasteiger partial charge in [0.05, 0.1) is 17.3 Å². The van der Waals surface area contributed by atoms with Crippen LogP contribution in [-0.2, 0) is 6.42 Å². The molecule has 1 heterocycles. The van der Waals surface area contributed by atoms with E-state index in [1.807, 2.05) is 25.4 Å². The molecular formula is C28H30N2O. The van der Waals surface area contributed by atoms with Crippen molar-refractivity contribution < 1.29 is 4.74 Å². The van der Waals surface area contributed by atoms with E-state index in [4.69, 9.17) is 9.72 Å². The first-order valence-corrected chi connectivity index (χ1v) is 11.1. The number of hydrogen-bond donors (Lipinski definition) is 0. The molecule has 0 saturated carbocycles. The second kappa shape index (κ2) is 9.65. The minimum atomic E-state index is 0.454. The summed E-state index contributed by atoms with van der Waals surface area (Å²) in [6.07, 6.45) is 15.1. The van der Waals surface area contributed by atoms with Crippen LogP contribution in [0.25, 0.3) is 23.9 Å². The minimum absolute atomic E-state index is 0.454. The number of nitrogens with zero attached hydrogens (tertiary/aromatic N) is 2. The Morgan fingerprint density at radius 2 is 1.81 bits per heavy atom. The van der Waals surface area contributed by atoms with Gasteiger partial charge in [0.25, 0.3) is 0 Å². The van der Waals surface area contributed by atoms with Crippen LogP contribution in [0.1, 0.15) is 38.3 Å². The quantitative estimate of drug-likeness (QED) is 0.567. The van der Waals surface area contributed by atoms with E-state index in [1.165, 1.54) is 16.7 Å². The molecule has 3 nitrogen and oxygen atoms in total. The van der Waals surface area contributed by atoms with Crippen molar-refractivity contribution in [3.63, 3.8) is 0 Å². The van der Waals surface area contributed by atoms with Gasteiger partial charge in [-0.05, 0) is 72.7 Å². The predicted molar refractivity (Wildman–Crippen MR) is 130 cm³/mol. The Kier molecular flexibility index (Phi) is 6.51. The standard InChI is InChI=1S/C28H30N2O/c1-4-22-7-9-23(10-8-22)11-12-24-18-21(3)6-17-28-27(19-24)29-20-30(28)25-13-15-26(16-14-25)31-5-2/h7-21H,4-6H2,1-3H3. The molecule has 0 N–H and O–H groups in total. The normalized spacial score (nSPS) is 16.0. The molecular weight excluding hydrogens is 380 g/mol. The topological polar surface area (TPSA) is 27.1 Å². The number of rotatable bonds is 6. The van der Waals surface area contributed by atoms with Crippen LogP contribution in [-0.4, -0.2) is 16.2 Å². The van der Waals surface area contributed by atoms with Crippen LogP contribution in [0.5, 0.6) is 5.75 Å². The lowest BCUT2D eigenvalue weighted by Gasteiger charge is -2.09. The Hall–Kier alpha value is -3.33. The van der Waals surface area contributed by atoms with Crippen molar-refractivity contribution in [2.75, 3.05) is 6.61 Å². The first-order chi connectivity index (χ1) is 15.2. The Labute approximate surface area is 184 Å². The molecule has 1 aliphatic rings. The van der Waals surface area contributed by atoms with Crippen molar-refractivity contribution in [2.24, 2.45) is 5.92 Å². The number of benzene rings is 2. The highest BCUT2D eigenvalue weighted by atomic mass is 16.5. The number of aromatic nitrogens is 2. The molecule has 0 saturated heterocycles. The molecule has 1 unspecified atom stereocenters. The molecule has 31 heavy (non-hydrogen) atoms. The first kappa shape index (κ1) is 20.9. The molecule has 2 aromatic carbocycles. The summed E-state index contributed by atoms with van der Waals surface area (Å²) in [5, 5.41) is 2.14. The highest BCUT2D eigenvalue weighted by Crippen LogP contribution is 2.16. The molecule has 3 aromatic rings. The van der Waals surface area contributed by atoms with Crippen molar-refractivity contribution in [3.8, 4) is 11.4 Å². The molecule has 1 atom stereocenters. The van der Waals surface area contributed by atoms with Crippen LogP contribution in [0, 0.1) is 5.92 Å². The number of aryl methyl sites for hydroxylation is 1. The Morgan fingerprint density at radius 1 is 1.03 bits per heavy atom.